The fourth-order valence-corrected chi connectivity index (χ4v) is 3.52. The minimum atomic E-state index is 0.553. The van der Waals surface area contributed by atoms with Gasteiger partial charge < -0.3 is 10.2 Å². The van der Waals surface area contributed by atoms with Crippen LogP contribution in [0, 0.1) is 0 Å². The molecule has 0 saturated carbocycles. The first-order chi connectivity index (χ1) is 8.33. The Balaban J connectivity index is 1.90. The second kappa shape index (κ2) is 6.53. The van der Waals surface area contributed by atoms with E-state index in [0.717, 1.165) is 0 Å². The first kappa shape index (κ1) is 13.1. The Bertz CT molecular complexity index is 310. The number of piperidine rings is 1. The van der Waals surface area contributed by atoms with Crippen LogP contribution < -0.4 is 5.32 Å². The van der Waals surface area contributed by atoms with Gasteiger partial charge in [-0.15, -0.1) is 11.3 Å². The normalized spacial score (nSPS) is 23.8. The molecular formula is C14H24N2S. The van der Waals surface area contributed by atoms with E-state index in [-0.39, 0.29) is 0 Å². The van der Waals surface area contributed by atoms with Crippen LogP contribution in [0.15, 0.2) is 17.5 Å². The maximum atomic E-state index is 3.84. The summed E-state index contributed by atoms with van der Waals surface area (Å²) in [6.45, 7) is 8.23. The molecule has 0 aliphatic carbocycles. The fraction of sp³-hybridized carbons (Fsp3) is 0.714. The smallest absolute Gasteiger partial charge is 0.0414 e. The van der Waals surface area contributed by atoms with Crippen molar-refractivity contribution in [2.24, 2.45) is 0 Å². The summed E-state index contributed by atoms with van der Waals surface area (Å²) in [6.07, 6.45) is 3.86. The van der Waals surface area contributed by atoms with E-state index in [0.29, 0.717) is 12.1 Å². The highest BCUT2D eigenvalue weighted by Crippen LogP contribution is 2.23. The Kier molecular flexibility index (Phi) is 5.01. The second-order valence-corrected chi connectivity index (χ2v) is 5.85. The van der Waals surface area contributed by atoms with Crippen LogP contribution in [0.3, 0.4) is 0 Å². The molecule has 1 aromatic rings. The summed E-state index contributed by atoms with van der Waals surface area (Å²) in [6, 6.07) is 5.64. The first-order valence-corrected chi connectivity index (χ1v) is 7.73. The van der Waals surface area contributed by atoms with E-state index >= 15 is 0 Å². The van der Waals surface area contributed by atoms with Crippen molar-refractivity contribution in [2.75, 3.05) is 19.6 Å². The van der Waals surface area contributed by atoms with E-state index in [1.54, 1.807) is 0 Å². The summed E-state index contributed by atoms with van der Waals surface area (Å²) in [5.74, 6) is 0. The number of hydrogen-bond donors (Lipinski definition) is 1. The lowest BCUT2D eigenvalue weighted by molar-refractivity contribution is 0.190. The molecule has 0 radical (unpaired) electrons. The Morgan fingerprint density at radius 1 is 1.53 bits per heavy atom. The summed E-state index contributed by atoms with van der Waals surface area (Å²) >= 11 is 1.87. The standard InChI is InChI=1S/C14H24N2S/c1-3-13(14-8-6-10-17-14)15-12-7-5-9-16(4-2)11-12/h6,8,10,12-13,15H,3-5,7,9,11H2,1-2H3. The molecule has 1 N–H and O–H groups in total. The Morgan fingerprint density at radius 2 is 2.41 bits per heavy atom. The minimum absolute atomic E-state index is 0.553. The van der Waals surface area contributed by atoms with Crippen molar-refractivity contribution in [3.8, 4) is 0 Å². The van der Waals surface area contributed by atoms with Gasteiger partial charge in [0.25, 0.3) is 0 Å². The van der Waals surface area contributed by atoms with E-state index < -0.39 is 0 Å². The van der Waals surface area contributed by atoms with Gasteiger partial charge in [0.05, 0.1) is 0 Å². The lowest BCUT2D eigenvalue weighted by atomic mass is 10.0. The predicted octanol–water partition coefficient (Wildman–Crippen LogP) is 3.27. The summed E-state index contributed by atoms with van der Waals surface area (Å²) in [5, 5.41) is 6.02. The molecule has 1 aliphatic heterocycles. The van der Waals surface area contributed by atoms with Gasteiger partial charge >= 0.3 is 0 Å². The molecule has 2 unspecified atom stereocenters. The molecule has 96 valence electrons. The molecule has 2 rings (SSSR count). The van der Waals surface area contributed by atoms with Crippen LogP contribution in [0.1, 0.15) is 44.0 Å². The van der Waals surface area contributed by atoms with Gasteiger partial charge in [0.1, 0.15) is 0 Å². The van der Waals surface area contributed by atoms with Crippen LogP contribution in [-0.2, 0) is 0 Å². The van der Waals surface area contributed by atoms with Gasteiger partial charge in [-0.1, -0.05) is 19.9 Å². The topological polar surface area (TPSA) is 15.3 Å². The molecule has 1 aromatic heterocycles. The third-order valence-electron chi connectivity index (χ3n) is 3.68. The molecule has 0 amide bonds. The van der Waals surface area contributed by atoms with Crippen LogP contribution in [0.4, 0.5) is 0 Å². The number of hydrogen-bond acceptors (Lipinski definition) is 3. The first-order valence-electron chi connectivity index (χ1n) is 6.85. The monoisotopic (exact) mass is 252 g/mol. The summed E-state index contributed by atoms with van der Waals surface area (Å²) in [4.78, 5) is 4.04. The molecule has 1 aliphatic rings. The van der Waals surface area contributed by atoms with Crippen molar-refractivity contribution in [1.29, 1.82) is 0 Å². The zero-order valence-corrected chi connectivity index (χ0v) is 11.8. The number of likely N-dealkylation sites (N-methyl/N-ethyl adjacent to an activating group) is 1. The molecule has 1 fully saturated rings. The predicted molar refractivity (Wildman–Crippen MR) is 75.6 cm³/mol. The molecule has 0 spiro atoms. The van der Waals surface area contributed by atoms with Crippen LogP contribution in [0.2, 0.25) is 0 Å². The molecule has 0 aromatic carbocycles. The van der Waals surface area contributed by atoms with Gasteiger partial charge in [-0.05, 0) is 43.8 Å². The number of nitrogens with zero attached hydrogens (tertiary/aromatic N) is 1. The van der Waals surface area contributed by atoms with E-state index in [1.807, 2.05) is 11.3 Å². The molecule has 2 nitrogen and oxygen atoms in total. The molecule has 2 heterocycles. The third-order valence-corrected chi connectivity index (χ3v) is 4.67. The zero-order valence-electron chi connectivity index (χ0n) is 11.0. The summed E-state index contributed by atoms with van der Waals surface area (Å²) < 4.78 is 0. The Morgan fingerprint density at radius 3 is 3.06 bits per heavy atom. The van der Waals surface area contributed by atoms with Crippen LogP contribution in [0.25, 0.3) is 0 Å². The number of thiophene rings is 1. The van der Waals surface area contributed by atoms with Gasteiger partial charge in [0.2, 0.25) is 0 Å². The van der Waals surface area contributed by atoms with Crippen molar-refractivity contribution >= 4 is 11.3 Å². The SMILES string of the molecule is CCC(NC1CCCN(CC)C1)c1cccs1. The van der Waals surface area contributed by atoms with Gasteiger partial charge in [-0.3, -0.25) is 0 Å². The molecule has 3 heteroatoms. The molecule has 1 saturated heterocycles. The molecular weight excluding hydrogens is 228 g/mol. The highest BCUT2D eigenvalue weighted by Gasteiger charge is 2.21. The van der Waals surface area contributed by atoms with E-state index in [4.69, 9.17) is 0 Å². The Hall–Kier alpha value is -0.380. The summed E-state index contributed by atoms with van der Waals surface area (Å²) in [7, 11) is 0. The zero-order chi connectivity index (χ0) is 12.1. The number of nitrogens with one attached hydrogen (secondary N) is 1. The largest absolute Gasteiger partial charge is 0.305 e. The van der Waals surface area contributed by atoms with Gasteiger partial charge in [0.15, 0.2) is 0 Å². The van der Waals surface area contributed by atoms with E-state index in [2.05, 4.69) is 41.6 Å². The van der Waals surface area contributed by atoms with Gasteiger partial charge in [-0.2, -0.15) is 0 Å². The minimum Gasteiger partial charge on any atom is -0.305 e. The highest BCUT2D eigenvalue weighted by molar-refractivity contribution is 7.10. The molecule has 17 heavy (non-hydrogen) atoms. The van der Waals surface area contributed by atoms with Crippen molar-refractivity contribution in [3.05, 3.63) is 22.4 Å². The number of rotatable bonds is 5. The van der Waals surface area contributed by atoms with Gasteiger partial charge in [-0.25, -0.2) is 0 Å². The Labute approximate surface area is 109 Å². The van der Waals surface area contributed by atoms with Crippen molar-refractivity contribution in [1.82, 2.24) is 10.2 Å². The van der Waals surface area contributed by atoms with Crippen molar-refractivity contribution in [2.45, 2.75) is 45.2 Å². The van der Waals surface area contributed by atoms with Gasteiger partial charge in [0, 0.05) is 23.5 Å². The quantitative estimate of drug-likeness (QED) is 0.865. The maximum Gasteiger partial charge on any atom is 0.0414 e. The van der Waals surface area contributed by atoms with Crippen molar-refractivity contribution in [3.63, 3.8) is 0 Å². The van der Waals surface area contributed by atoms with E-state index in [9.17, 15) is 0 Å². The highest BCUT2D eigenvalue weighted by atomic mass is 32.1. The lowest BCUT2D eigenvalue weighted by Crippen LogP contribution is -2.46. The third kappa shape index (κ3) is 3.54. The average molecular weight is 252 g/mol. The maximum absolute atomic E-state index is 3.84. The molecule has 0 bridgehead atoms. The number of likely N-dealkylation sites (tertiary alicyclic amines) is 1. The fourth-order valence-electron chi connectivity index (χ4n) is 2.65. The van der Waals surface area contributed by atoms with Crippen LogP contribution in [-0.4, -0.2) is 30.6 Å². The lowest BCUT2D eigenvalue weighted by Gasteiger charge is -2.34. The summed E-state index contributed by atoms with van der Waals surface area (Å²) in [5.41, 5.74) is 0. The molecule has 2 atom stereocenters. The van der Waals surface area contributed by atoms with Crippen molar-refractivity contribution < 1.29 is 0 Å². The second-order valence-electron chi connectivity index (χ2n) is 4.88. The van der Waals surface area contributed by atoms with Crippen LogP contribution in [0.5, 0.6) is 0 Å². The average Bonchev–Trinajstić information content (AvgIpc) is 2.90. The van der Waals surface area contributed by atoms with Crippen LogP contribution >= 0.6 is 11.3 Å². The van der Waals surface area contributed by atoms with E-state index in [1.165, 1.54) is 43.8 Å².